The molecule has 2 aromatic heterocycles. The summed E-state index contributed by atoms with van der Waals surface area (Å²) >= 11 is 0. The van der Waals surface area contributed by atoms with Crippen LogP contribution in [0, 0.1) is 5.82 Å². The van der Waals surface area contributed by atoms with Gasteiger partial charge in [-0.25, -0.2) is 9.37 Å². The number of aromatic nitrogens is 3. The van der Waals surface area contributed by atoms with Gasteiger partial charge in [0.2, 0.25) is 5.88 Å². The van der Waals surface area contributed by atoms with Gasteiger partial charge in [-0.1, -0.05) is 6.92 Å². The number of ether oxygens (including phenoxy) is 1. The molecule has 1 N–H and O–H groups in total. The molecule has 0 radical (unpaired) electrons. The highest BCUT2D eigenvalue weighted by Crippen LogP contribution is 2.23. The minimum atomic E-state index is -0.366. The van der Waals surface area contributed by atoms with E-state index in [9.17, 15) is 4.39 Å². The average Bonchev–Trinajstić information content (AvgIpc) is 2.90. The van der Waals surface area contributed by atoms with E-state index >= 15 is 0 Å². The van der Waals surface area contributed by atoms with Crippen molar-refractivity contribution in [2.45, 2.75) is 33.4 Å². The maximum absolute atomic E-state index is 13.3. The molecule has 0 aliphatic rings. The molecule has 2 heterocycles. The number of aryl methyl sites for hydroxylation is 1. The summed E-state index contributed by atoms with van der Waals surface area (Å²) in [5.41, 5.74) is 0.697. The molecule has 0 aliphatic heterocycles. The van der Waals surface area contributed by atoms with Gasteiger partial charge in [0, 0.05) is 18.7 Å². The number of nitrogens with one attached hydrogen (secondary N) is 1. The van der Waals surface area contributed by atoms with Gasteiger partial charge in [0.05, 0.1) is 18.6 Å². The van der Waals surface area contributed by atoms with Crippen LogP contribution in [0.1, 0.15) is 25.8 Å². The van der Waals surface area contributed by atoms with Gasteiger partial charge in [-0.05, 0) is 26.0 Å². The normalized spacial score (nSPS) is 10.8. The van der Waals surface area contributed by atoms with E-state index in [4.69, 9.17) is 4.74 Å². The number of hydrogen-bond donors (Lipinski definition) is 1. The lowest BCUT2D eigenvalue weighted by Crippen LogP contribution is -2.15. The Hall–Kier alpha value is -1.95. The van der Waals surface area contributed by atoms with Gasteiger partial charge in [0.1, 0.15) is 5.82 Å². The van der Waals surface area contributed by atoms with Crippen molar-refractivity contribution >= 4 is 0 Å². The summed E-state index contributed by atoms with van der Waals surface area (Å²) < 4.78 is 20.7. The molecule has 0 aliphatic carbocycles. The Labute approximate surface area is 117 Å². The van der Waals surface area contributed by atoms with Gasteiger partial charge in [0.15, 0.2) is 5.75 Å². The molecule has 0 saturated carbocycles. The predicted molar refractivity (Wildman–Crippen MR) is 74.2 cm³/mol. The first kappa shape index (κ1) is 14.5. The largest absolute Gasteiger partial charge is 0.435 e. The molecule has 2 aromatic rings. The monoisotopic (exact) mass is 278 g/mol. The van der Waals surface area contributed by atoms with Crippen molar-refractivity contribution in [3.8, 4) is 11.6 Å². The van der Waals surface area contributed by atoms with Crippen LogP contribution >= 0.6 is 0 Å². The smallest absolute Gasteiger partial charge is 0.224 e. The first-order chi connectivity index (χ1) is 9.72. The molecule has 20 heavy (non-hydrogen) atoms. The van der Waals surface area contributed by atoms with Crippen molar-refractivity contribution in [2.75, 3.05) is 6.54 Å². The van der Waals surface area contributed by atoms with E-state index in [-0.39, 0.29) is 5.82 Å². The topological polar surface area (TPSA) is 52.0 Å². The lowest BCUT2D eigenvalue weighted by molar-refractivity contribution is 0.447. The van der Waals surface area contributed by atoms with Crippen molar-refractivity contribution in [3.05, 3.63) is 36.0 Å². The summed E-state index contributed by atoms with van der Waals surface area (Å²) in [5.74, 6) is 0.642. The summed E-state index contributed by atoms with van der Waals surface area (Å²) in [6.07, 6.45) is 5.58. The molecule has 0 atom stereocenters. The van der Waals surface area contributed by atoms with E-state index < -0.39 is 0 Å². The Morgan fingerprint density at radius 3 is 2.90 bits per heavy atom. The van der Waals surface area contributed by atoms with Gasteiger partial charge < -0.3 is 10.1 Å². The number of hydrogen-bond acceptors (Lipinski definition) is 4. The number of nitrogens with zero attached hydrogens (tertiary/aromatic N) is 3. The summed E-state index contributed by atoms with van der Waals surface area (Å²) in [7, 11) is 0. The zero-order chi connectivity index (χ0) is 14.4. The zero-order valence-corrected chi connectivity index (χ0v) is 11.8. The molecule has 108 valence electrons. The van der Waals surface area contributed by atoms with Crippen LogP contribution in [0.25, 0.3) is 0 Å². The van der Waals surface area contributed by atoms with E-state index in [0.717, 1.165) is 25.7 Å². The second-order valence-corrected chi connectivity index (χ2v) is 4.43. The molecule has 0 spiro atoms. The molecular formula is C14H19FN4O. The second-order valence-electron chi connectivity index (χ2n) is 4.43. The first-order valence-electron chi connectivity index (χ1n) is 6.78. The van der Waals surface area contributed by atoms with Crippen molar-refractivity contribution in [3.63, 3.8) is 0 Å². The fourth-order valence-electron chi connectivity index (χ4n) is 1.77. The van der Waals surface area contributed by atoms with Crippen LogP contribution in [0.5, 0.6) is 11.6 Å². The highest BCUT2D eigenvalue weighted by molar-refractivity contribution is 5.30. The van der Waals surface area contributed by atoms with Gasteiger partial charge in [-0.15, -0.1) is 0 Å². The maximum atomic E-state index is 13.3. The Kier molecular flexibility index (Phi) is 5.06. The first-order valence-corrected chi connectivity index (χ1v) is 6.78. The van der Waals surface area contributed by atoms with Gasteiger partial charge >= 0.3 is 0 Å². The minimum absolute atomic E-state index is 0.366. The van der Waals surface area contributed by atoms with Gasteiger partial charge in [-0.2, -0.15) is 5.10 Å². The lowest BCUT2D eigenvalue weighted by Gasteiger charge is -2.09. The third-order valence-electron chi connectivity index (χ3n) is 2.78. The van der Waals surface area contributed by atoms with Crippen LogP contribution in [0.4, 0.5) is 4.39 Å². The molecule has 6 heteroatoms. The maximum Gasteiger partial charge on any atom is 0.224 e. The van der Waals surface area contributed by atoms with Crippen LogP contribution in [-0.4, -0.2) is 21.3 Å². The Bertz CT molecular complexity index is 556. The molecule has 0 fully saturated rings. The molecule has 0 bridgehead atoms. The van der Waals surface area contributed by atoms with Crippen molar-refractivity contribution in [2.24, 2.45) is 0 Å². The number of halogens is 1. The van der Waals surface area contributed by atoms with Crippen LogP contribution in [0.15, 0.2) is 24.7 Å². The fourth-order valence-corrected chi connectivity index (χ4v) is 1.77. The molecule has 2 rings (SSSR count). The average molecular weight is 278 g/mol. The molecule has 0 saturated heterocycles. The molecule has 0 amide bonds. The standard InChI is InChI=1S/C14H19FN4O/c1-3-5-16-7-11-6-12(15)8-17-14(11)20-13-9-18-19(4-2)10-13/h6,8-10,16H,3-5,7H2,1-2H3. The lowest BCUT2D eigenvalue weighted by atomic mass is 10.2. The predicted octanol–water partition coefficient (Wildman–Crippen LogP) is 2.73. The summed E-state index contributed by atoms with van der Waals surface area (Å²) in [5, 5.41) is 7.34. The van der Waals surface area contributed by atoms with E-state index in [0.29, 0.717) is 23.7 Å². The fraction of sp³-hybridized carbons (Fsp3) is 0.429. The quantitative estimate of drug-likeness (QED) is 0.791. The third-order valence-corrected chi connectivity index (χ3v) is 2.78. The van der Waals surface area contributed by atoms with Gasteiger partial charge in [-0.3, -0.25) is 4.68 Å². The number of pyridine rings is 1. The Balaban J connectivity index is 2.12. The van der Waals surface area contributed by atoms with Crippen LogP contribution < -0.4 is 10.1 Å². The van der Waals surface area contributed by atoms with Crippen molar-refractivity contribution < 1.29 is 9.13 Å². The van der Waals surface area contributed by atoms with E-state index in [1.165, 1.54) is 6.07 Å². The second kappa shape index (κ2) is 7.00. The summed E-state index contributed by atoms with van der Waals surface area (Å²) in [6.45, 7) is 6.23. The van der Waals surface area contributed by atoms with Crippen LogP contribution in [0.2, 0.25) is 0 Å². The highest BCUT2D eigenvalue weighted by Gasteiger charge is 2.09. The summed E-state index contributed by atoms with van der Waals surface area (Å²) in [6, 6.07) is 1.44. The van der Waals surface area contributed by atoms with Crippen molar-refractivity contribution in [1.29, 1.82) is 0 Å². The minimum Gasteiger partial charge on any atom is -0.435 e. The van der Waals surface area contributed by atoms with E-state index in [1.54, 1.807) is 17.1 Å². The highest BCUT2D eigenvalue weighted by atomic mass is 19.1. The van der Waals surface area contributed by atoms with Gasteiger partial charge in [0.25, 0.3) is 0 Å². The summed E-state index contributed by atoms with van der Waals surface area (Å²) in [4.78, 5) is 4.01. The molecule has 0 aromatic carbocycles. The molecular weight excluding hydrogens is 259 g/mol. The van der Waals surface area contributed by atoms with E-state index in [2.05, 4.69) is 22.3 Å². The molecule has 5 nitrogen and oxygen atoms in total. The Morgan fingerprint density at radius 1 is 1.35 bits per heavy atom. The number of rotatable bonds is 7. The van der Waals surface area contributed by atoms with Crippen LogP contribution in [0.3, 0.4) is 0 Å². The van der Waals surface area contributed by atoms with Crippen molar-refractivity contribution in [1.82, 2.24) is 20.1 Å². The van der Waals surface area contributed by atoms with E-state index in [1.807, 2.05) is 6.92 Å². The molecule has 0 unspecified atom stereocenters. The third kappa shape index (κ3) is 3.77. The zero-order valence-electron chi connectivity index (χ0n) is 11.8. The Morgan fingerprint density at radius 2 is 2.20 bits per heavy atom. The SMILES string of the molecule is CCCNCc1cc(F)cnc1Oc1cnn(CC)c1. The van der Waals surface area contributed by atoms with Crippen LogP contribution in [-0.2, 0) is 13.1 Å².